The summed E-state index contributed by atoms with van der Waals surface area (Å²) in [6.45, 7) is 2.32. The van der Waals surface area contributed by atoms with E-state index in [2.05, 4.69) is 5.32 Å². The smallest absolute Gasteiger partial charge is 0.252 e. The Balaban J connectivity index is 1.47. The third-order valence-corrected chi connectivity index (χ3v) is 7.57. The number of rotatable bonds is 7. The van der Waals surface area contributed by atoms with Gasteiger partial charge in [0.1, 0.15) is 4.33 Å². The zero-order chi connectivity index (χ0) is 24.8. The van der Waals surface area contributed by atoms with Crippen molar-refractivity contribution in [1.82, 2.24) is 5.06 Å². The van der Waals surface area contributed by atoms with Crippen molar-refractivity contribution in [3.8, 4) is 0 Å². The number of nitrogens with zero attached hydrogens (tertiary/aromatic N) is 1. The molecule has 1 N–H and O–H groups in total. The second kappa shape index (κ2) is 9.84. The highest BCUT2D eigenvalue weighted by Gasteiger charge is 2.67. The molecule has 1 saturated carbocycles. The zero-order valence-corrected chi connectivity index (χ0v) is 21.6. The topological polar surface area (TPSA) is 75.7 Å². The number of hydrogen-bond donors (Lipinski definition) is 1. The standard InChI is InChI=1S/C23H19Cl5N2O4/c1-2-30-22(33)12(10-34-30)7-18(31)16-9-15(3-4-17(16)26)29-21(32)20-19(23(20,27)28)11-5-13(24)8-14(25)6-11/h3-6,8-9,12,19-20H,2,7,10H2,1H3,(H,29,32). The van der Waals surface area contributed by atoms with Crippen LogP contribution in [0, 0.1) is 11.8 Å². The van der Waals surface area contributed by atoms with E-state index in [-0.39, 0.29) is 35.3 Å². The summed E-state index contributed by atoms with van der Waals surface area (Å²) >= 11 is 31.2. The van der Waals surface area contributed by atoms with Crippen molar-refractivity contribution in [2.75, 3.05) is 18.5 Å². The van der Waals surface area contributed by atoms with Crippen molar-refractivity contribution in [2.45, 2.75) is 23.6 Å². The Morgan fingerprint density at radius 1 is 1.12 bits per heavy atom. The van der Waals surface area contributed by atoms with Crippen molar-refractivity contribution in [2.24, 2.45) is 11.8 Å². The lowest BCUT2D eigenvalue weighted by Crippen LogP contribution is -2.27. The van der Waals surface area contributed by atoms with E-state index in [1.807, 2.05) is 0 Å². The van der Waals surface area contributed by atoms with Gasteiger partial charge in [0.05, 0.1) is 23.5 Å². The minimum absolute atomic E-state index is 0.0564. The molecule has 1 aliphatic carbocycles. The van der Waals surface area contributed by atoms with Gasteiger partial charge in [0, 0.05) is 40.2 Å². The first-order valence-electron chi connectivity index (χ1n) is 10.4. The number of Topliss-reactive ketones (excluding diaryl/α,β-unsaturated/α-hetero) is 1. The van der Waals surface area contributed by atoms with Gasteiger partial charge in [-0.3, -0.25) is 19.2 Å². The van der Waals surface area contributed by atoms with Gasteiger partial charge in [0.15, 0.2) is 5.78 Å². The number of halogens is 5. The number of nitrogens with one attached hydrogen (secondary N) is 1. The van der Waals surface area contributed by atoms with Crippen molar-refractivity contribution in [1.29, 1.82) is 0 Å². The van der Waals surface area contributed by atoms with Gasteiger partial charge in [-0.25, -0.2) is 5.06 Å². The fourth-order valence-corrected chi connectivity index (χ4v) is 5.70. The second-order valence-electron chi connectivity index (χ2n) is 8.17. The lowest BCUT2D eigenvalue weighted by atomic mass is 9.98. The number of anilines is 1. The van der Waals surface area contributed by atoms with Gasteiger partial charge in [0.2, 0.25) is 5.91 Å². The SMILES string of the molecule is CCN1OCC(CC(=O)c2cc(NC(=O)C3C(c4cc(Cl)cc(Cl)c4)C3(Cl)Cl)ccc2Cl)C1=O. The molecule has 0 aromatic heterocycles. The highest BCUT2D eigenvalue weighted by atomic mass is 35.5. The molecule has 3 atom stereocenters. The number of alkyl halides is 2. The van der Waals surface area contributed by atoms with Gasteiger partial charge in [0.25, 0.3) is 5.91 Å². The molecular weight excluding hydrogens is 546 g/mol. The van der Waals surface area contributed by atoms with E-state index in [0.29, 0.717) is 27.8 Å². The molecule has 3 unspecified atom stereocenters. The average molecular weight is 565 g/mol. The quantitative estimate of drug-likeness (QED) is 0.323. The molecule has 11 heteroatoms. The Hall–Kier alpha value is -1.54. The van der Waals surface area contributed by atoms with Crippen LogP contribution in [-0.4, -0.2) is 40.1 Å². The van der Waals surface area contributed by atoms with Crippen LogP contribution in [0.15, 0.2) is 36.4 Å². The predicted octanol–water partition coefficient (Wildman–Crippen LogP) is 6.16. The maximum Gasteiger partial charge on any atom is 0.252 e. The van der Waals surface area contributed by atoms with Gasteiger partial charge in [-0.2, -0.15) is 0 Å². The first-order valence-corrected chi connectivity index (χ1v) is 12.3. The number of benzene rings is 2. The highest BCUT2D eigenvalue weighted by molar-refractivity contribution is 6.53. The number of hydroxylamine groups is 2. The number of ketones is 1. The summed E-state index contributed by atoms with van der Waals surface area (Å²) in [5.74, 6) is -2.83. The van der Waals surface area contributed by atoms with E-state index < -0.39 is 28.0 Å². The molecule has 180 valence electrons. The first kappa shape index (κ1) is 25.5. The van der Waals surface area contributed by atoms with Crippen molar-refractivity contribution in [3.05, 3.63) is 62.6 Å². The van der Waals surface area contributed by atoms with Crippen molar-refractivity contribution in [3.63, 3.8) is 0 Å². The van der Waals surface area contributed by atoms with Crippen LogP contribution in [0.25, 0.3) is 0 Å². The molecule has 6 nitrogen and oxygen atoms in total. The molecule has 2 aliphatic rings. The Kier molecular flexibility index (Phi) is 7.40. The molecule has 2 aromatic rings. The summed E-state index contributed by atoms with van der Waals surface area (Å²) in [4.78, 5) is 43.4. The van der Waals surface area contributed by atoms with Crippen LogP contribution in [0.4, 0.5) is 5.69 Å². The number of amides is 2. The fourth-order valence-electron chi connectivity index (χ4n) is 4.10. The lowest BCUT2D eigenvalue weighted by Gasteiger charge is -2.12. The molecule has 0 spiro atoms. The molecule has 0 radical (unpaired) electrons. The zero-order valence-electron chi connectivity index (χ0n) is 17.8. The molecule has 34 heavy (non-hydrogen) atoms. The number of carbonyl (C=O) groups is 3. The summed E-state index contributed by atoms with van der Waals surface area (Å²) in [7, 11) is 0. The fraction of sp³-hybridized carbons (Fsp3) is 0.348. The highest BCUT2D eigenvalue weighted by Crippen LogP contribution is 2.65. The molecule has 1 aliphatic heterocycles. The largest absolute Gasteiger partial charge is 0.326 e. The van der Waals surface area contributed by atoms with Gasteiger partial charge in [-0.15, -0.1) is 23.2 Å². The average Bonchev–Trinajstić information content (AvgIpc) is 3.18. The molecule has 2 fully saturated rings. The number of carbonyl (C=O) groups excluding carboxylic acids is 3. The van der Waals surface area contributed by atoms with E-state index in [9.17, 15) is 14.4 Å². The third kappa shape index (κ3) is 5.03. The van der Waals surface area contributed by atoms with Crippen LogP contribution >= 0.6 is 58.0 Å². The van der Waals surface area contributed by atoms with Crippen LogP contribution in [0.5, 0.6) is 0 Å². The predicted molar refractivity (Wildman–Crippen MR) is 133 cm³/mol. The van der Waals surface area contributed by atoms with Crippen molar-refractivity contribution >= 4 is 81.3 Å². The Morgan fingerprint density at radius 3 is 2.41 bits per heavy atom. The van der Waals surface area contributed by atoms with Crippen LogP contribution in [0.2, 0.25) is 15.1 Å². The van der Waals surface area contributed by atoms with Gasteiger partial charge < -0.3 is 5.32 Å². The van der Waals surface area contributed by atoms with E-state index in [1.165, 1.54) is 17.2 Å². The summed E-state index contributed by atoms with van der Waals surface area (Å²) in [5.41, 5.74) is 1.19. The summed E-state index contributed by atoms with van der Waals surface area (Å²) in [6, 6.07) is 9.45. The molecule has 4 rings (SSSR count). The molecule has 1 heterocycles. The van der Waals surface area contributed by atoms with Crippen LogP contribution < -0.4 is 5.32 Å². The second-order valence-corrected chi connectivity index (χ2v) is 10.9. The Morgan fingerprint density at radius 2 is 1.79 bits per heavy atom. The van der Waals surface area contributed by atoms with E-state index in [4.69, 9.17) is 62.8 Å². The number of hydrogen-bond acceptors (Lipinski definition) is 4. The first-order chi connectivity index (χ1) is 16.0. The van der Waals surface area contributed by atoms with Crippen molar-refractivity contribution < 1.29 is 19.2 Å². The van der Waals surface area contributed by atoms with Gasteiger partial charge >= 0.3 is 0 Å². The van der Waals surface area contributed by atoms with Crippen LogP contribution in [-0.2, 0) is 14.4 Å². The summed E-state index contributed by atoms with van der Waals surface area (Å²) < 4.78 is -1.34. The minimum atomic E-state index is -1.34. The van der Waals surface area contributed by atoms with Crippen LogP contribution in [0.3, 0.4) is 0 Å². The van der Waals surface area contributed by atoms with E-state index in [0.717, 1.165) is 0 Å². The summed E-state index contributed by atoms with van der Waals surface area (Å²) in [6.07, 6.45) is -0.0564. The molecular formula is C23H19Cl5N2O4. The maximum atomic E-state index is 13.0. The third-order valence-electron chi connectivity index (χ3n) is 5.86. The Bertz CT molecular complexity index is 1150. The van der Waals surface area contributed by atoms with Crippen LogP contribution in [0.1, 0.15) is 35.2 Å². The molecule has 1 saturated heterocycles. The molecule has 2 aromatic carbocycles. The maximum absolute atomic E-state index is 13.0. The normalized spacial score (nSPS) is 23.2. The summed E-state index contributed by atoms with van der Waals surface area (Å²) in [5, 5.41) is 5.01. The van der Waals surface area contributed by atoms with E-state index >= 15 is 0 Å². The lowest BCUT2D eigenvalue weighted by molar-refractivity contribution is -0.160. The minimum Gasteiger partial charge on any atom is -0.326 e. The van der Waals surface area contributed by atoms with E-state index in [1.54, 1.807) is 31.2 Å². The van der Waals surface area contributed by atoms with Gasteiger partial charge in [-0.05, 0) is 48.9 Å². The molecule has 2 amide bonds. The monoisotopic (exact) mass is 562 g/mol. The van der Waals surface area contributed by atoms with Gasteiger partial charge in [-0.1, -0.05) is 34.8 Å². The Labute approximate surface area is 221 Å². The molecule has 0 bridgehead atoms.